The Hall–Kier alpha value is -0.790. The van der Waals surface area contributed by atoms with Crippen LogP contribution in [0.5, 0.6) is 0 Å². The van der Waals surface area contributed by atoms with Crippen molar-refractivity contribution >= 4 is 0 Å². The van der Waals surface area contributed by atoms with Crippen molar-refractivity contribution in [1.29, 1.82) is 0 Å². The highest BCUT2D eigenvalue weighted by Crippen LogP contribution is 2.15. The first kappa shape index (κ1) is 6.33. The molecule has 0 fully saturated rings. The average Bonchev–Trinajstić information content (AvgIpc) is 1.80. The molecule has 1 atom stereocenters. The van der Waals surface area contributed by atoms with Gasteiger partial charge < -0.3 is 5.73 Å². The summed E-state index contributed by atoms with van der Waals surface area (Å²) in [4.78, 5) is 0. The lowest BCUT2D eigenvalue weighted by Crippen LogP contribution is -2.08. The number of nitrogens with two attached hydrogens (primary N) is 1. The van der Waals surface area contributed by atoms with Crippen molar-refractivity contribution in [1.82, 2.24) is 0 Å². The molecule has 0 aromatic rings. The van der Waals surface area contributed by atoms with Gasteiger partial charge in [0, 0.05) is 12.1 Å². The van der Waals surface area contributed by atoms with E-state index in [1.807, 2.05) is 13.0 Å². The molecule has 1 rings (SSSR count). The molecule has 0 radical (unpaired) electrons. The van der Waals surface area contributed by atoms with Crippen LogP contribution in [0.4, 0.5) is 4.39 Å². The Morgan fingerprint density at radius 1 is 1.78 bits per heavy atom. The SMILES string of the molecule is CC1=CCC(F)C=C1N. The zero-order valence-corrected chi connectivity index (χ0v) is 5.39. The van der Waals surface area contributed by atoms with Crippen molar-refractivity contribution in [2.45, 2.75) is 19.5 Å². The molecule has 1 nitrogen and oxygen atoms in total. The number of rotatable bonds is 0. The van der Waals surface area contributed by atoms with Gasteiger partial charge >= 0.3 is 0 Å². The van der Waals surface area contributed by atoms with Crippen LogP contribution in [-0.2, 0) is 0 Å². The second-order valence-corrected chi connectivity index (χ2v) is 2.26. The summed E-state index contributed by atoms with van der Waals surface area (Å²) in [5.74, 6) is 0. The minimum Gasteiger partial charge on any atom is -0.399 e. The van der Waals surface area contributed by atoms with Gasteiger partial charge in [0.15, 0.2) is 0 Å². The first-order chi connectivity index (χ1) is 4.20. The smallest absolute Gasteiger partial charge is 0.124 e. The fourth-order valence-corrected chi connectivity index (χ4v) is 0.802. The highest BCUT2D eigenvalue weighted by atomic mass is 19.1. The third kappa shape index (κ3) is 1.31. The van der Waals surface area contributed by atoms with Gasteiger partial charge in [0.2, 0.25) is 0 Å². The summed E-state index contributed by atoms with van der Waals surface area (Å²) in [6, 6.07) is 0. The lowest BCUT2D eigenvalue weighted by atomic mass is 10.0. The molecule has 1 aliphatic carbocycles. The van der Waals surface area contributed by atoms with Gasteiger partial charge in [0.05, 0.1) is 0 Å². The zero-order chi connectivity index (χ0) is 6.85. The monoisotopic (exact) mass is 127 g/mol. The number of alkyl halides is 1. The molecule has 50 valence electrons. The van der Waals surface area contributed by atoms with E-state index in [0.29, 0.717) is 12.1 Å². The van der Waals surface area contributed by atoms with Crippen molar-refractivity contribution in [3.05, 3.63) is 23.4 Å². The molecular formula is C7H10FN. The van der Waals surface area contributed by atoms with E-state index in [1.54, 1.807) is 0 Å². The molecule has 0 saturated carbocycles. The zero-order valence-electron chi connectivity index (χ0n) is 5.39. The summed E-state index contributed by atoms with van der Waals surface area (Å²) in [7, 11) is 0. The summed E-state index contributed by atoms with van der Waals surface area (Å²) in [5, 5.41) is 0. The fraction of sp³-hybridized carbons (Fsp3) is 0.429. The summed E-state index contributed by atoms with van der Waals surface area (Å²) >= 11 is 0. The second kappa shape index (κ2) is 2.21. The van der Waals surface area contributed by atoms with E-state index in [1.165, 1.54) is 6.08 Å². The molecule has 0 aromatic carbocycles. The fourth-order valence-electron chi connectivity index (χ4n) is 0.802. The Labute approximate surface area is 54.0 Å². The number of allylic oxidation sites excluding steroid dienone is 3. The lowest BCUT2D eigenvalue weighted by Gasteiger charge is -2.09. The summed E-state index contributed by atoms with van der Waals surface area (Å²) in [5.41, 5.74) is 6.99. The molecule has 1 aliphatic rings. The third-order valence-corrected chi connectivity index (χ3v) is 1.46. The Morgan fingerprint density at radius 2 is 2.44 bits per heavy atom. The van der Waals surface area contributed by atoms with Crippen LogP contribution >= 0.6 is 0 Å². The molecule has 9 heavy (non-hydrogen) atoms. The van der Waals surface area contributed by atoms with Crippen LogP contribution in [0.1, 0.15) is 13.3 Å². The van der Waals surface area contributed by atoms with Gasteiger partial charge in [-0.1, -0.05) is 6.08 Å². The van der Waals surface area contributed by atoms with E-state index in [2.05, 4.69) is 0 Å². The molecule has 0 aliphatic heterocycles. The maximum atomic E-state index is 12.4. The van der Waals surface area contributed by atoms with Gasteiger partial charge in [0.25, 0.3) is 0 Å². The molecule has 2 heteroatoms. The summed E-state index contributed by atoms with van der Waals surface area (Å²) in [6.45, 7) is 1.89. The molecule has 1 unspecified atom stereocenters. The van der Waals surface area contributed by atoms with Crippen LogP contribution < -0.4 is 5.73 Å². The predicted octanol–water partition coefficient (Wildman–Crippen LogP) is 1.52. The molecule has 0 aromatic heterocycles. The van der Waals surface area contributed by atoms with Gasteiger partial charge in [0.1, 0.15) is 6.17 Å². The number of hydrogen-bond acceptors (Lipinski definition) is 1. The molecule has 0 spiro atoms. The molecule has 0 saturated heterocycles. The summed E-state index contributed by atoms with van der Waals surface area (Å²) in [6.07, 6.45) is 2.88. The van der Waals surface area contributed by atoms with Gasteiger partial charge in [-0.2, -0.15) is 0 Å². The van der Waals surface area contributed by atoms with Crippen LogP contribution in [0.2, 0.25) is 0 Å². The van der Waals surface area contributed by atoms with Gasteiger partial charge in [-0.05, 0) is 18.6 Å². The van der Waals surface area contributed by atoms with Gasteiger partial charge in [-0.15, -0.1) is 0 Å². The molecule has 0 heterocycles. The van der Waals surface area contributed by atoms with Crippen molar-refractivity contribution in [2.75, 3.05) is 0 Å². The molecule has 2 N–H and O–H groups in total. The van der Waals surface area contributed by atoms with Gasteiger partial charge in [-0.3, -0.25) is 0 Å². The van der Waals surface area contributed by atoms with E-state index in [0.717, 1.165) is 5.57 Å². The van der Waals surface area contributed by atoms with Crippen molar-refractivity contribution in [3.8, 4) is 0 Å². The average molecular weight is 127 g/mol. The van der Waals surface area contributed by atoms with E-state index < -0.39 is 6.17 Å². The number of hydrogen-bond donors (Lipinski definition) is 1. The Morgan fingerprint density at radius 3 is 2.89 bits per heavy atom. The van der Waals surface area contributed by atoms with E-state index in [9.17, 15) is 4.39 Å². The molecule has 0 bridgehead atoms. The normalized spacial score (nSPS) is 27.1. The maximum Gasteiger partial charge on any atom is 0.124 e. The molecule has 0 amide bonds. The van der Waals surface area contributed by atoms with Crippen molar-refractivity contribution < 1.29 is 4.39 Å². The van der Waals surface area contributed by atoms with Gasteiger partial charge in [-0.25, -0.2) is 4.39 Å². The second-order valence-electron chi connectivity index (χ2n) is 2.26. The summed E-state index contributed by atoms with van der Waals surface area (Å²) < 4.78 is 12.4. The minimum absolute atomic E-state index is 0.479. The topological polar surface area (TPSA) is 26.0 Å². The van der Waals surface area contributed by atoms with Crippen LogP contribution in [0.15, 0.2) is 23.4 Å². The Bertz CT molecular complexity index is 170. The minimum atomic E-state index is -0.867. The third-order valence-electron chi connectivity index (χ3n) is 1.46. The van der Waals surface area contributed by atoms with E-state index >= 15 is 0 Å². The van der Waals surface area contributed by atoms with E-state index in [4.69, 9.17) is 5.73 Å². The first-order valence-corrected chi connectivity index (χ1v) is 2.98. The lowest BCUT2D eigenvalue weighted by molar-refractivity contribution is 0.398. The molecular weight excluding hydrogens is 117 g/mol. The highest BCUT2D eigenvalue weighted by Gasteiger charge is 2.07. The maximum absolute atomic E-state index is 12.4. The largest absolute Gasteiger partial charge is 0.399 e. The Balaban J connectivity index is 2.75. The van der Waals surface area contributed by atoms with Crippen LogP contribution in [0.3, 0.4) is 0 Å². The van der Waals surface area contributed by atoms with Crippen LogP contribution in [-0.4, -0.2) is 6.17 Å². The van der Waals surface area contributed by atoms with Crippen molar-refractivity contribution in [2.24, 2.45) is 5.73 Å². The number of halogens is 1. The Kier molecular flexibility index (Phi) is 1.56. The quantitative estimate of drug-likeness (QED) is 0.524. The van der Waals surface area contributed by atoms with E-state index in [-0.39, 0.29) is 0 Å². The highest BCUT2D eigenvalue weighted by molar-refractivity contribution is 5.30. The van der Waals surface area contributed by atoms with Crippen LogP contribution in [0.25, 0.3) is 0 Å². The first-order valence-electron chi connectivity index (χ1n) is 2.98. The standard InChI is InChI=1S/C7H10FN/c1-5-2-3-6(8)4-7(5)9/h2,4,6H,3,9H2,1H3. The van der Waals surface area contributed by atoms with Crippen molar-refractivity contribution in [3.63, 3.8) is 0 Å². The predicted molar refractivity (Wildman–Crippen MR) is 35.5 cm³/mol. The van der Waals surface area contributed by atoms with Crippen LogP contribution in [0, 0.1) is 0 Å².